The van der Waals surface area contributed by atoms with Crippen molar-refractivity contribution in [2.45, 2.75) is 4.90 Å². The highest BCUT2D eigenvalue weighted by molar-refractivity contribution is 7.90. The number of nitrogens with one attached hydrogen (secondary N) is 2. The van der Waals surface area contributed by atoms with Gasteiger partial charge < -0.3 is 5.32 Å². The van der Waals surface area contributed by atoms with Gasteiger partial charge in [0.15, 0.2) is 9.84 Å². The first-order chi connectivity index (χ1) is 12.9. The number of aromatic amines is 1. The molecular formula is C19H15FN4O2S. The lowest BCUT2D eigenvalue weighted by molar-refractivity contribution is 0.584. The molecule has 0 unspecified atom stereocenters. The third kappa shape index (κ3) is 3.52. The predicted octanol–water partition coefficient (Wildman–Crippen LogP) is 3.91. The van der Waals surface area contributed by atoms with Gasteiger partial charge in [-0.05, 0) is 42.5 Å². The van der Waals surface area contributed by atoms with E-state index in [0.717, 1.165) is 16.6 Å². The van der Waals surface area contributed by atoms with Gasteiger partial charge in [0.1, 0.15) is 5.69 Å². The Bertz CT molecular complexity index is 1250. The van der Waals surface area contributed by atoms with E-state index in [-0.39, 0.29) is 4.90 Å². The summed E-state index contributed by atoms with van der Waals surface area (Å²) in [5.74, 6) is -0.574. The first kappa shape index (κ1) is 17.2. The average Bonchev–Trinajstić information content (AvgIpc) is 3.04. The van der Waals surface area contributed by atoms with E-state index in [1.54, 1.807) is 30.3 Å². The number of fused-ring (bicyclic) bond motifs is 1. The lowest BCUT2D eigenvalue weighted by Crippen LogP contribution is -1.98. The molecule has 2 N–H and O–H groups in total. The van der Waals surface area contributed by atoms with Gasteiger partial charge in [-0.15, -0.1) is 0 Å². The molecule has 2 heterocycles. The molecule has 0 radical (unpaired) electrons. The number of H-pyrrole nitrogens is 1. The molecule has 2 aromatic carbocycles. The summed E-state index contributed by atoms with van der Waals surface area (Å²) < 4.78 is 36.9. The monoisotopic (exact) mass is 382 g/mol. The number of benzene rings is 2. The summed E-state index contributed by atoms with van der Waals surface area (Å²) in [4.78, 5) is 3.81. The van der Waals surface area contributed by atoms with Crippen LogP contribution in [0.5, 0.6) is 0 Å². The number of sulfone groups is 1. The summed E-state index contributed by atoms with van der Waals surface area (Å²) in [5, 5.41) is 11.2. The van der Waals surface area contributed by atoms with Crippen LogP contribution in [0.15, 0.2) is 65.7 Å². The molecule has 8 heteroatoms. The van der Waals surface area contributed by atoms with Gasteiger partial charge in [0.2, 0.25) is 5.95 Å². The average molecular weight is 382 g/mol. The number of aromatic nitrogens is 3. The summed E-state index contributed by atoms with van der Waals surface area (Å²) in [5.41, 5.74) is 3.44. The van der Waals surface area contributed by atoms with E-state index in [1.165, 1.54) is 18.5 Å². The summed E-state index contributed by atoms with van der Waals surface area (Å²) in [7, 11) is -3.29. The normalized spacial score (nSPS) is 11.6. The van der Waals surface area contributed by atoms with Crippen LogP contribution in [-0.2, 0) is 9.84 Å². The van der Waals surface area contributed by atoms with Crippen LogP contribution in [0.2, 0.25) is 0 Å². The van der Waals surface area contributed by atoms with Crippen LogP contribution >= 0.6 is 0 Å². The topological polar surface area (TPSA) is 87.7 Å². The van der Waals surface area contributed by atoms with Gasteiger partial charge in [-0.3, -0.25) is 5.10 Å². The molecule has 0 saturated carbocycles. The first-order valence-electron chi connectivity index (χ1n) is 8.07. The van der Waals surface area contributed by atoms with E-state index in [2.05, 4.69) is 20.5 Å². The van der Waals surface area contributed by atoms with Crippen LogP contribution in [-0.4, -0.2) is 29.9 Å². The van der Waals surface area contributed by atoms with Crippen molar-refractivity contribution in [3.63, 3.8) is 0 Å². The Balaban J connectivity index is 1.73. The summed E-state index contributed by atoms with van der Waals surface area (Å²) in [6.45, 7) is 0. The number of pyridine rings is 1. The Labute approximate surface area is 155 Å². The van der Waals surface area contributed by atoms with Gasteiger partial charge in [-0.2, -0.15) is 9.49 Å². The van der Waals surface area contributed by atoms with Crippen molar-refractivity contribution in [1.82, 2.24) is 15.2 Å². The molecule has 0 atom stereocenters. The van der Waals surface area contributed by atoms with Crippen molar-refractivity contribution in [3.8, 4) is 11.3 Å². The quantitative estimate of drug-likeness (QED) is 0.523. The van der Waals surface area contributed by atoms with Crippen LogP contribution < -0.4 is 5.32 Å². The first-order valence-corrected chi connectivity index (χ1v) is 9.96. The second-order valence-corrected chi connectivity index (χ2v) is 8.14. The van der Waals surface area contributed by atoms with E-state index in [4.69, 9.17) is 0 Å². The van der Waals surface area contributed by atoms with Crippen molar-refractivity contribution in [3.05, 3.63) is 66.7 Å². The molecule has 0 fully saturated rings. The molecule has 0 bridgehead atoms. The smallest absolute Gasteiger partial charge is 0.213 e. The minimum absolute atomic E-state index is 0.241. The molecule has 136 valence electrons. The predicted molar refractivity (Wildman–Crippen MR) is 102 cm³/mol. The van der Waals surface area contributed by atoms with Gasteiger partial charge >= 0.3 is 0 Å². The fourth-order valence-corrected chi connectivity index (χ4v) is 3.50. The van der Waals surface area contributed by atoms with Crippen LogP contribution in [0, 0.1) is 5.95 Å². The van der Waals surface area contributed by atoms with E-state index < -0.39 is 15.8 Å². The molecular weight excluding hydrogens is 367 g/mol. The van der Waals surface area contributed by atoms with Gasteiger partial charge in [-0.25, -0.2) is 13.4 Å². The minimum Gasteiger partial charge on any atom is -0.355 e. The summed E-state index contributed by atoms with van der Waals surface area (Å²) >= 11 is 0. The maximum Gasteiger partial charge on any atom is 0.213 e. The van der Waals surface area contributed by atoms with Gasteiger partial charge in [0, 0.05) is 40.8 Å². The van der Waals surface area contributed by atoms with E-state index >= 15 is 0 Å². The highest BCUT2D eigenvalue weighted by Gasteiger charge is 2.11. The molecule has 0 aliphatic rings. The van der Waals surface area contributed by atoms with Crippen LogP contribution in [0.3, 0.4) is 0 Å². The molecule has 0 aliphatic carbocycles. The zero-order valence-electron chi connectivity index (χ0n) is 14.3. The van der Waals surface area contributed by atoms with Gasteiger partial charge in [0.05, 0.1) is 10.4 Å². The van der Waals surface area contributed by atoms with Crippen molar-refractivity contribution in [1.29, 1.82) is 0 Å². The maximum absolute atomic E-state index is 13.4. The molecule has 27 heavy (non-hydrogen) atoms. The fourth-order valence-electron chi connectivity index (χ4n) is 2.83. The van der Waals surface area contributed by atoms with Crippen molar-refractivity contribution in [2.75, 3.05) is 11.6 Å². The summed E-state index contributed by atoms with van der Waals surface area (Å²) in [6, 6.07) is 15.2. The summed E-state index contributed by atoms with van der Waals surface area (Å²) in [6.07, 6.45) is 2.56. The third-order valence-corrected chi connectivity index (χ3v) is 5.22. The highest BCUT2D eigenvalue weighted by Crippen LogP contribution is 2.30. The standard InChI is InChI=1S/C19H15FN4O2S/c1-27(25,26)15-4-2-3-13(10-15)22-14-5-6-17-16(11-14)19(24-23-17)12-7-8-21-18(20)9-12/h2-11,22H,1H3,(H,23,24). The molecule has 0 amide bonds. The fraction of sp³-hybridized carbons (Fsp3) is 0.0526. The molecule has 6 nitrogen and oxygen atoms in total. The molecule has 0 aliphatic heterocycles. The lowest BCUT2D eigenvalue weighted by Gasteiger charge is -2.08. The Morgan fingerprint density at radius 1 is 1.04 bits per heavy atom. The number of nitrogens with zero attached hydrogens (tertiary/aromatic N) is 2. The van der Waals surface area contributed by atoms with E-state index in [0.29, 0.717) is 16.9 Å². The number of rotatable bonds is 4. The number of hydrogen-bond donors (Lipinski definition) is 2. The zero-order chi connectivity index (χ0) is 19.0. The molecule has 0 saturated heterocycles. The number of anilines is 2. The number of halogens is 1. The van der Waals surface area contributed by atoms with Crippen molar-refractivity contribution in [2.24, 2.45) is 0 Å². The maximum atomic E-state index is 13.4. The Morgan fingerprint density at radius 3 is 2.63 bits per heavy atom. The molecule has 0 spiro atoms. The zero-order valence-corrected chi connectivity index (χ0v) is 15.1. The van der Waals surface area contributed by atoms with Gasteiger partial charge in [0.25, 0.3) is 0 Å². The SMILES string of the molecule is CS(=O)(=O)c1cccc(Nc2ccc3[nH]nc(-c4ccnc(F)c4)c3c2)c1. The second-order valence-electron chi connectivity index (χ2n) is 6.12. The van der Waals surface area contributed by atoms with Crippen molar-refractivity contribution < 1.29 is 12.8 Å². The number of hydrogen-bond acceptors (Lipinski definition) is 5. The highest BCUT2D eigenvalue weighted by atomic mass is 32.2. The van der Waals surface area contributed by atoms with Crippen LogP contribution in [0.1, 0.15) is 0 Å². The third-order valence-electron chi connectivity index (χ3n) is 4.11. The van der Waals surface area contributed by atoms with Crippen LogP contribution in [0.4, 0.5) is 15.8 Å². The van der Waals surface area contributed by atoms with Crippen molar-refractivity contribution >= 4 is 32.1 Å². The Morgan fingerprint density at radius 2 is 1.85 bits per heavy atom. The van der Waals surface area contributed by atoms with E-state index in [1.807, 2.05) is 18.2 Å². The second kappa shape index (κ2) is 6.48. The largest absolute Gasteiger partial charge is 0.355 e. The molecule has 4 rings (SSSR count). The molecule has 2 aromatic heterocycles. The van der Waals surface area contributed by atoms with E-state index in [9.17, 15) is 12.8 Å². The van der Waals surface area contributed by atoms with Gasteiger partial charge in [-0.1, -0.05) is 6.07 Å². The Kier molecular flexibility index (Phi) is 4.12. The molecule has 4 aromatic rings. The minimum atomic E-state index is -3.29. The Hall–Kier alpha value is -3.26. The lowest BCUT2D eigenvalue weighted by atomic mass is 10.1. The van der Waals surface area contributed by atoms with Crippen LogP contribution in [0.25, 0.3) is 22.2 Å².